The lowest BCUT2D eigenvalue weighted by Crippen LogP contribution is -2.32. The molecule has 1 unspecified atom stereocenters. The predicted octanol–water partition coefficient (Wildman–Crippen LogP) is 4.25. The second kappa shape index (κ2) is 10.1. The average molecular weight is 425 g/mol. The van der Waals surface area contributed by atoms with Crippen LogP contribution in [0.5, 0.6) is 0 Å². The Morgan fingerprint density at radius 3 is 2.61 bits per heavy atom. The zero-order valence-corrected chi connectivity index (χ0v) is 16.5. The van der Waals surface area contributed by atoms with Gasteiger partial charge in [0.15, 0.2) is 0 Å². The van der Waals surface area contributed by atoms with Crippen molar-refractivity contribution in [2.45, 2.75) is 25.8 Å². The van der Waals surface area contributed by atoms with Crippen molar-refractivity contribution in [2.24, 2.45) is 0 Å². The number of nitro benzene ring substituents is 1. The fraction of sp³-hybridized carbons (Fsp3) is 0.263. The van der Waals surface area contributed by atoms with Crippen molar-refractivity contribution in [1.29, 1.82) is 0 Å². The molecule has 9 heteroatoms. The molecule has 0 saturated carbocycles. The summed E-state index contributed by atoms with van der Waals surface area (Å²) < 4.78 is 4.94. The van der Waals surface area contributed by atoms with E-state index in [9.17, 15) is 19.7 Å². The first-order chi connectivity index (χ1) is 13.3. The smallest absolute Gasteiger partial charge is 0.308 e. The summed E-state index contributed by atoms with van der Waals surface area (Å²) in [7, 11) is 0. The molecule has 0 aromatic heterocycles. The Hall–Kier alpha value is -2.64. The molecule has 0 bridgehead atoms. The van der Waals surface area contributed by atoms with Crippen LogP contribution in [0.1, 0.15) is 30.5 Å². The van der Waals surface area contributed by atoms with Gasteiger partial charge in [0.05, 0.1) is 30.4 Å². The van der Waals surface area contributed by atoms with Gasteiger partial charge < -0.3 is 10.1 Å². The number of amides is 1. The van der Waals surface area contributed by atoms with Crippen LogP contribution < -0.4 is 5.32 Å². The van der Waals surface area contributed by atoms with Crippen LogP contribution in [0, 0.1) is 10.1 Å². The van der Waals surface area contributed by atoms with E-state index in [-0.39, 0.29) is 25.1 Å². The fourth-order valence-corrected chi connectivity index (χ4v) is 3.05. The van der Waals surface area contributed by atoms with Gasteiger partial charge >= 0.3 is 5.97 Å². The van der Waals surface area contributed by atoms with E-state index in [1.54, 1.807) is 25.1 Å². The van der Waals surface area contributed by atoms with Gasteiger partial charge in [-0.25, -0.2) is 0 Å². The second-order valence-corrected chi connectivity index (χ2v) is 6.74. The molecular formula is C19H18Cl2N2O5. The summed E-state index contributed by atoms with van der Waals surface area (Å²) in [5.41, 5.74) is 0.858. The van der Waals surface area contributed by atoms with Gasteiger partial charge in [-0.15, -0.1) is 0 Å². The molecule has 1 N–H and O–H groups in total. The minimum Gasteiger partial charge on any atom is -0.466 e. The summed E-state index contributed by atoms with van der Waals surface area (Å²) in [6, 6.07) is 9.75. The molecule has 28 heavy (non-hydrogen) atoms. The van der Waals surface area contributed by atoms with Crippen LogP contribution in [0.4, 0.5) is 5.69 Å². The first kappa shape index (κ1) is 21.7. The van der Waals surface area contributed by atoms with Gasteiger partial charge in [0.2, 0.25) is 5.91 Å². The van der Waals surface area contributed by atoms with Gasteiger partial charge in [0.25, 0.3) is 5.69 Å². The number of carbonyl (C=O) groups excluding carboxylic acids is 2. The molecule has 1 atom stereocenters. The minimum absolute atomic E-state index is 0.0374. The molecule has 2 aromatic carbocycles. The Kier molecular flexibility index (Phi) is 7.78. The number of halogens is 2. The Labute approximate surface area is 171 Å². The van der Waals surface area contributed by atoms with E-state index >= 15 is 0 Å². The number of esters is 1. The maximum Gasteiger partial charge on any atom is 0.308 e. The van der Waals surface area contributed by atoms with Crippen LogP contribution in [-0.2, 0) is 20.7 Å². The van der Waals surface area contributed by atoms with Crippen LogP contribution in [0.15, 0.2) is 42.5 Å². The van der Waals surface area contributed by atoms with Gasteiger partial charge in [-0.3, -0.25) is 19.7 Å². The Morgan fingerprint density at radius 2 is 1.96 bits per heavy atom. The molecule has 0 heterocycles. The van der Waals surface area contributed by atoms with Crippen LogP contribution in [0.3, 0.4) is 0 Å². The van der Waals surface area contributed by atoms with Crippen molar-refractivity contribution in [3.8, 4) is 0 Å². The molecular weight excluding hydrogens is 407 g/mol. The minimum atomic E-state index is -0.780. The summed E-state index contributed by atoms with van der Waals surface area (Å²) >= 11 is 11.9. The third-order valence-corrected chi connectivity index (χ3v) is 4.45. The Morgan fingerprint density at radius 1 is 1.21 bits per heavy atom. The summed E-state index contributed by atoms with van der Waals surface area (Å²) in [5.74, 6) is -0.922. The lowest BCUT2D eigenvalue weighted by molar-refractivity contribution is -0.384. The molecule has 1 amide bonds. The summed E-state index contributed by atoms with van der Waals surface area (Å²) in [6.07, 6.45) is -0.195. The highest BCUT2D eigenvalue weighted by molar-refractivity contribution is 6.35. The molecule has 2 aromatic rings. The number of nitrogens with zero attached hydrogens (tertiary/aromatic N) is 1. The molecule has 0 aliphatic rings. The SMILES string of the molecule is CCOC(=O)CC(NC(=O)Cc1ccc(Cl)cc1Cl)c1cccc([N+](=O)[O-])c1. The number of rotatable bonds is 8. The van der Waals surface area contributed by atoms with Crippen LogP contribution in [0.25, 0.3) is 0 Å². The van der Waals surface area contributed by atoms with E-state index in [0.29, 0.717) is 21.2 Å². The summed E-state index contributed by atoms with van der Waals surface area (Å²) in [6.45, 7) is 1.86. The topological polar surface area (TPSA) is 98.5 Å². The largest absolute Gasteiger partial charge is 0.466 e. The molecule has 2 rings (SSSR count). The van der Waals surface area contributed by atoms with E-state index < -0.39 is 22.8 Å². The summed E-state index contributed by atoms with van der Waals surface area (Å²) in [4.78, 5) is 34.9. The quantitative estimate of drug-likeness (QED) is 0.387. The molecule has 0 fully saturated rings. The number of non-ortho nitro benzene ring substituents is 1. The highest BCUT2D eigenvalue weighted by atomic mass is 35.5. The zero-order valence-electron chi connectivity index (χ0n) is 15.0. The van der Waals surface area contributed by atoms with E-state index in [0.717, 1.165) is 0 Å². The van der Waals surface area contributed by atoms with Crippen molar-refractivity contribution in [2.75, 3.05) is 6.61 Å². The first-order valence-corrected chi connectivity index (χ1v) is 9.19. The number of nitrogens with one attached hydrogen (secondary N) is 1. The van der Waals surface area contributed by atoms with Crippen molar-refractivity contribution >= 4 is 40.8 Å². The van der Waals surface area contributed by atoms with Gasteiger partial charge in [-0.05, 0) is 30.2 Å². The molecule has 0 spiro atoms. The van der Waals surface area contributed by atoms with Crippen LogP contribution in [0.2, 0.25) is 10.0 Å². The molecule has 0 aliphatic carbocycles. The number of nitro groups is 1. The predicted molar refractivity (Wildman–Crippen MR) is 105 cm³/mol. The van der Waals surface area contributed by atoms with Crippen molar-refractivity contribution in [1.82, 2.24) is 5.32 Å². The number of carbonyl (C=O) groups is 2. The van der Waals surface area contributed by atoms with Gasteiger partial charge in [0.1, 0.15) is 0 Å². The fourth-order valence-electron chi connectivity index (χ4n) is 2.58. The average Bonchev–Trinajstić information content (AvgIpc) is 2.64. The highest BCUT2D eigenvalue weighted by Crippen LogP contribution is 2.24. The Bertz CT molecular complexity index is 888. The van der Waals surface area contributed by atoms with Crippen molar-refractivity contribution in [3.63, 3.8) is 0 Å². The van der Waals surface area contributed by atoms with Crippen LogP contribution >= 0.6 is 23.2 Å². The third-order valence-electron chi connectivity index (χ3n) is 3.86. The van der Waals surface area contributed by atoms with E-state index in [1.165, 1.54) is 24.3 Å². The standard InChI is InChI=1S/C19H18Cl2N2O5/c1-2-28-19(25)11-17(13-4-3-5-15(8-13)23(26)27)22-18(24)9-12-6-7-14(20)10-16(12)21/h3-8,10,17H,2,9,11H2,1H3,(H,22,24). The molecule has 0 aliphatic heterocycles. The number of hydrogen-bond acceptors (Lipinski definition) is 5. The van der Waals surface area contributed by atoms with Gasteiger partial charge in [-0.1, -0.05) is 41.4 Å². The van der Waals surface area contributed by atoms with E-state index in [2.05, 4.69) is 5.32 Å². The normalized spacial score (nSPS) is 11.5. The Balaban J connectivity index is 2.21. The lowest BCUT2D eigenvalue weighted by Gasteiger charge is -2.19. The zero-order chi connectivity index (χ0) is 20.7. The van der Waals surface area contributed by atoms with Gasteiger partial charge in [0, 0.05) is 22.2 Å². The van der Waals surface area contributed by atoms with Gasteiger partial charge in [-0.2, -0.15) is 0 Å². The number of benzene rings is 2. The third kappa shape index (κ3) is 6.21. The maximum atomic E-state index is 12.5. The first-order valence-electron chi connectivity index (χ1n) is 8.43. The lowest BCUT2D eigenvalue weighted by atomic mass is 10.0. The number of hydrogen-bond donors (Lipinski definition) is 1. The van der Waals surface area contributed by atoms with Crippen LogP contribution in [-0.4, -0.2) is 23.4 Å². The van der Waals surface area contributed by atoms with E-state index in [1.807, 2.05) is 0 Å². The number of ether oxygens (including phenoxy) is 1. The van der Waals surface area contributed by atoms with E-state index in [4.69, 9.17) is 27.9 Å². The van der Waals surface area contributed by atoms with Crippen molar-refractivity contribution in [3.05, 3.63) is 73.8 Å². The highest BCUT2D eigenvalue weighted by Gasteiger charge is 2.21. The molecule has 0 radical (unpaired) electrons. The molecule has 148 valence electrons. The molecule has 0 saturated heterocycles. The summed E-state index contributed by atoms with van der Waals surface area (Å²) in [5, 5.41) is 14.6. The van der Waals surface area contributed by atoms with Crippen molar-refractivity contribution < 1.29 is 19.2 Å². The second-order valence-electron chi connectivity index (χ2n) is 5.89. The maximum absolute atomic E-state index is 12.5. The monoisotopic (exact) mass is 424 g/mol. The molecule has 7 nitrogen and oxygen atoms in total.